The molecular formula is C46H48BrO3P. The fraction of sp³-hybridized carbons (Fsp3) is 0.217. The average molecular weight is 760 g/mol. The van der Waals surface area contributed by atoms with Crippen LogP contribution in [0.25, 0.3) is 0 Å². The standard InChI is InChI=1S/C46H48O3P.BrH/c1(2-19-35-50(42-24-12-5-13-25-42,43-26-14-6-15-27-43)44-28-16-7-17-29-44)18-33-47-34-32-39-30-31-45(48-37-40-20-8-3-9-21-40)46(36-39)49-38-41-22-10-4-11-23-41;/h3-17,20-31,36H,1-2,18-19,32-35,37-38H2;1H/q+1;/p-1. The Kier molecular flexibility index (Phi) is 15.4. The monoisotopic (exact) mass is 758 g/mol. The first-order chi connectivity index (χ1) is 24.8. The van der Waals surface area contributed by atoms with E-state index in [4.69, 9.17) is 14.2 Å². The average Bonchev–Trinajstić information content (AvgIpc) is 3.19. The van der Waals surface area contributed by atoms with E-state index in [1.807, 2.05) is 42.5 Å². The molecule has 262 valence electrons. The summed E-state index contributed by atoms with van der Waals surface area (Å²) in [6, 6.07) is 60.3. The Hall–Kier alpha value is -4.21. The minimum absolute atomic E-state index is 0. The van der Waals surface area contributed by atoms with E-state index in [1.54, 1.807) is 0 Å². The third-order valence-corrected chi connectivity index (χ3v) is 13.7. The lowest BCUT2D eigenvalue weighted by Crippen LogP contribution is -3.00. The summed E-state index contributed by atoms with van der Waals surface area (Å²) in [5, 5.41) is 4.39. The van der Waals surface area contributed by atoms with Crippen molar-refractivity contribution in [3.8, 4) is 11.5 Å². The maximum atomic E-state index is 6.28. The molecule has 0 aliphatic rings. The number of unbranched alkanes of at least 4 members (excludes halogenated alkanes) is 3. The number of hydrogen-bond donors (Lipinski definition) is 0. The van der Waals surface area contributed by atoms with Crippen LogP contribution in [0, 0.1) is 0 Å². The van der Waals surface area contributed by atoms with E-state index in [-0.39, 0.29) is 17.0 Å². The van der Waals surface area contributed by atoms with Gasteiger partial charge in [0, 0.05) is 6.61 Å². The highest BCUT2D eigenvalue weighted by Crippen LogP contribution is 2.56. The first-order valence-corrected chi connectivity index (χ1v) is 19.9. The van der Waals surface area contributed by atoms with Crippen LogP contribution in [0.4, 0.5) is 0 Å². The molecule has 0 radical (unpaired) electrons. The highest BCUT2D eigenvalue weighted by atomic mass is 79.9. The molecule has 5 heteroatoms. The summed E-state index contributed by atoms with van der Waals surface area (Å²) in [6.45, 7) is 2.46. The molecule has 0 N–H and O–H groups in total. The van der Waals surface area contributed by atoms with Crippen molar-refractivity contribution < 1.29 is 31.2 Å². The van der Waals surface area contributed by atoms with Gasteiger partial charge in [-0.1, -0.05) is 128 Å². The Bertz CT molecular complexity index is 1720. The Morgan fingerprint density at radius 3 is 1.35 bits per heavy atom. The van der Waals surface area contributed by atoms with E-state index in [2.05, 4.69) is 127 Å². The highest BCUT2D eigenvalue weighted by Gasteiger charge is 2.44. The third kappa shape index (κ3) is 10.9. The van der Waals surface area contributed by atoms with Gasteiger partial charge in [-0.2, -0.15) is 0 Å². The van der Waals surface area contributed by atoms with Crippen molar-refractivity contribution in [1.82, 2.24) is 0 Å². The molecular weight excluding hydrogens is 711 g/mol. The lowest BCUT2D eigenvalue weighted by Gasteiger charge is -2.27. The first kappa shape index (κ1) is 38.0. The summed E-state index contributed by atoms with van der Waals surface area (Å²) in [4.78, 5) is 0. The summed E-state index contributed by atoms with van der Waals surface area (Å²) in [5.74, 6) is 1.52. The smallest absolute Gasteiger partial charge is 0.161 e. The number of rotatable bonds is 19. The second-order valence-electron chi connectivity index (χ2n) is 12.6. The van der Waals surface area contributed by atoms with Crippen molar-refractivity contribution in [2.45, 2.75) is 45.3 Å². The van der Waals surface area contributed by atoms with Gasteiger partial charge in [-0.15, -0.1) is 0 Å². The van der Waals surface area contributed by atoms with Gasteiger partial charge < -0.3 is 31.2 Å². The first-order valence-electron chi connectivity index (χ1n) is 17.9. The van der Waals surface area contributed by atoms with Gasteiger partial charge in [0.05, 0.1) is 12.8 Å². The molecule has 0 aliphatic carbocycles. The Morgan fingerprint density at radius 2 is 0.843 bits per heavy atom. The van der Waals surface area contributed by atoms with E-state index in [0.717, 1.165) is 42.1 Å². The van der Waals surface area contributed by atoms with Crippen molar-refractivity contribution in [2.75, 3.05) is 19.4 Å². The molecule has 0 fully saturated rings. The van der Waals surface area contributed by atoms with E-state index in [1.165, 1.54) is 46.9 Å². The van der Waals surface area contributed by atoms with Crippen LogP contribution < -0.4 is 42.4 Å². The topological polar surface area (TPSA) is 27.7 Å². The molecule has 0 aliphatic heterocycles. The van der Waals surface area contributed by atoms with Crippen molar-refractivity contribution >= 4 is 23.2 Å². The molecule has 0 aromatic heterocycles. The number of hydrogen-bond acceptors (Lipinski definition) is 3. The van der Waals surface area contributed by atoms with Gasteiger partial charge in [-0.25, -0.2) is 0 Å². The zero-order valence-electron chi connectivity index (χ0n) is 29.3. The quantitative estimate of drug-likeness (QED) is 0.0661. The molecule has 0 bridgehead atoms. The zero-order valence-corrected chi connectivity index (χ0v) is 31.8. The van der Waals surface area contributed by atoms with Gasteiger partial charge >= 0.3 is 0 Å². The van der Waals surface area contributed by atoms with Gasteiger partial charge in [0.15, 0.2) is 11.5 Å². The van der Waals surface area contributed by atoms with E-state index in [0.29, 0.717) is 19.8 Å². The third-order valence-electron chi connectivity index (χ3n) is 9.14. The van der Waals surface area contributed by atoms with Gasteiger partial charge in [-0.3, -0.25) is 0 Å². The lowest BCUT2D eigenvalue weighted by molar-refractivity contribution is -0.0000112. The Labute approximate surface area is 315 Å². The molecule has 6 rings (SSSR count). The molecule has 0 amide bonds. The summed E-state index contributed by atoms with van der Waals surface area (Å²) in [7, 11) is -1.75. The molecule has 0 unspecified atom stereocenters. The highest BCUT2D eigenvalue weighted by molar-refractivity contribution is 7.95. The van der Waals surface area contributed by atoms with Crippen LogP contribution in [0.15, 0.2) is 170 Å². The van der Waals surface area contributed by atoms with Crippen LogP contribution >= 0.6 is 7.26 Å². The van der Waals surface area contributed by atoms with Gasteiger partial charge in [0.2, 0.25) is 0 Å². The van der Waals surface area contributed by atoms with E-state index < -0.39 is 7.26 Å². The molecule has 6 aromatic carbocycles. The summed E-state index contributed by atoms with van der Waals surface area (Å²) < 4.78 is 18.6. The van der Waals surface area contributed by atoms with Crippen LogP contribution in [0.1, 0.15) is 42.4 Å². The summed E-state index contributed by atoms with van der Waals surface area (Å²) in [6.07, 6.45) is 6.64. The second-order valence-corrected chi connectivity index (χ2v) is 16.3. The second kappa shape index (κ2) is 20.6. The Balaban J connectivity index is 0.00000504. The largest absolute Gasteiger partial charge is 1.00 e. The molecule has 0 spiro atoms. The van der Waals surface area contributed by atoms with Gasteiger partial charge in [0.1, 0.15) is 36.4 Å². The molecule has 0 heterocycles. The minimum atomic E-state index is -1.75. The fourth-order valence-electron chi connectivity index (χ4n) is 6.49. The molecule has 51 heavy (non-hydrogen) atoms. The predicted molar refractivity (Wildman–Crippen MR) is 211 cm³/mol. The van der Waals surface area contributed by atoms with Crippen LogP contribution in [0.5, 0.6) is 11.5 Å². The lowest BCUT2D eigenvalue weighted by atomic mass is 10.1. The summed E-state index contributed by atoms with van der Waals surface area (Å²) in [5.41, 5.74) is 3.44. The van der Waals surface area contributed by atoms with Crippen molar-refractivity contribution in [3.63, 3.8) is 0 Å². The molecule has 0 saturated carbocycles. The van der Waals surface area contributed by atoms with Crippen molar-refractivity contribution in [2.24, 2.45) is 0 Å². The van der Waals surface area contributed by atoms with Crippen LogP contribution in [0.3, 0.4) is 0 Å². The molecule has 3 nitrogen and oxygen atoms in total. The zero-order chi connectivity index (χ0) is 34.1. The van der Waals surface area contributed by atoms with Gasteiger partial charge in [-0.05, 0) is 90.9 Å². The van der Waals surface area contributed by atoms with Crippen LogP contribution in [-0.2, 0) is 24.4 Å². The van der Waals surface area contributed by atoms with Crippen molar-refractivity contribution in [3.05, 3.63) is 187 Å². The van der Waals surface area contributed by atoms with Gasteiger partial charge in [0.25, 0.3) is 0 Å². The molecule has 0 saturated heterocycles. The summed E-state index contributed by atoms with van der Waals surface area (Å²) >= 11 is 0. The number of benzene rings is 6. The van der Waals surface area contributed by atoms with Crippen LogP contribution in [0.2, 0.25) is 0 Å². The maximum Gasteiger partial charge on any atom is 0.161 e. The molecule has 0 atom stereocenters. The normalized spacial score (nSPS) is 11.1. The van der Waals surface area contributed by atoms with E-state index in [9.17, 15) is 0 Å². The van der Waals surface area contributed by atoms with Crippen molar-refractivity contribution in [1.29, 1.82) is 0 Å². The predicted octanol–water partition coefficient (Wildman–Crippen LogP) is 6.96. The maximum absolute atomic E-state index is 6.28. The minimum Gasteiger partial charge on any atom is -1.00 e. The van der Waals surface area contributed by atoms with Crippen LogP contribution in [-0.4, -0.2) is 19.4 Å². The fourth-order valence-corrected chi connectivity index (χ4v) is 10.9. The molecule has 6 aromatic rings. The SMILES string of the molecule is [Br-].c1ccc(COc2ccc(CCOCCCCCC[P+](c3ccccc3)(c3ccccc3)c3ccccc3)cc2OCc2ccccc2)cc1. The van der Waals surface area contributed by atoms with E-state index >= 15 is 0 Å². The number of halogens is 1. The number of ether oxygens (including phenoxy) is 3. The Morgan fingerprint density at radius 1 is 0.392 bits per heavy atom.